The third kappa shape index (κ3) is 4.67. The summed E-state index contributed by atoms with van der Waals surface area (Å²) in [6.07, 6.45) is 1.48. The fourth-order valence-electron chi connectivity index (χ4n) is 2.52. The average Bonchev–Trinajstić information content (AvgIpc) is 2.86. The minimum absolute atomic E-state index is 0. The second kappa shape index (κ2) is 8.09. The van der Waals surface area contributed by atoms with E-state index in [1.807, 2.05) is 6.92 Å². The molecular weight excluding hydrogens is 258 g/mol. The Morgan fingerprint density at radius 1 is 1.45 bits per heavy atom. The predicted molar refractivity (Wildman–Crippen MR) is 81.7 cm³/mol. The van der Waals surface area contributed by atoms with Gasteiger partial charge in [0.2, 0.25) is 5.91 Å². The number of methoxy groups -OCH3 is 1. The van der Waals surface area contributed by atoms with Gasteiger partial charge >= 0.3 is 6.09 Å². The first-order valence-electron chi connectivity index (χ1n) is 7.35. The number of likely N-dealkylation sites (N-methyl/N-ethyl adjacent to an activating group) is 1. The minimum Gasteiger partial charge on any atom is -0.453 e. The molecule has 0 aromatic heterocycles. The molecule has 1 rings (SSSR count). The summed E-state index contributed by atoms with van der Waals surface area (Å²) in [5, 5.41) is 5.73. The van der Waals surface area contributed by atoms with Gasteiger partial charge in [-0.05, 0) is 32.2 Å². The minimum atomic E-state index is -0.419. The van der Waals surface area contributed by atoms with Crippen LogP contribution >= 0.6 is 0 Å². The second-order valence-electron chi connectivity index (χ2n) is 5.53. The highest BCUT2D eigenvalue weighted by atomic mass is 16.5. The Labute approximate surface area is 124 Å². The molecule has 6 heteroatoms. The normalized spacial score (nSPS) is 20.8. The lowest BCUT2D eigenvalue weighted by Crippen LogP contribution is -2.51. The van der Waals surface area contributed by atoms with Crippen LogP contribution in [0.25, 0.3) is 0 Å². The van der Waals surface area contributed by atoms with Gasteiger partial charge < -0.3 is 15.4 Å². The third-order valence-corrected chi connectivity index (χ3v) is 3.74. The van der Waals surface area contributed by atoms with Gasteiger partial charge in [-0.1, -0.05) is 13.8 Å². The van der Waals surface area contributed by atoms with Crippen LogP contribution in [-0.4, -0.2) is 55.7 Å². The summed E-state index contributed by atoms with van der Waals surface area (Å²) >= 11 is 0. The molecule has 1 aliphatic rings. The van der Waals surface area contributed by atoms with E-state index in [4.69, 9.17) is 0 Å². The SMILES string of the molecule is CCNC(=O)C1CCCN1CC(NC(=O)OC)C(C)C.[HH].[HH]. The first-order chi connectivity index (χ1) is 9.49. The zero-order chi connectivity index (χ0) is 15.1. The van der Waals surface area contributed by atoms with Crippen LogP contribution in [-0.2, 0) is 9.53 Å². The first-order valence-corrected chi connectivity index (χ1v) is 7.35. The van der Waals surface area contributed by atoms with Crippen molar-refractivity contribution in [2.75, 3.05) is 26.7 Å². The highest BCUT2D eigenvalue weighted by Gasteiger charge is 2.32. The van der Waals surface area contributed by atoms with E-state index in [1.165, 1.54) is 7.11 Å². The molecular formula is C14H31N3O3. The lowest BCUT2D eigenvalue weighted by Gasteiger charge is -2.30. The van der Waals surface area contributed by atoms with Gasteiger partial charge in [-0.25, -0.2) is 4.79 Å². The number of rotatable bonds is 6. The molecule has 120 valence electrons. The number of nitrogens with one attached hydrogen (secondary N) is 2. The number of hydrogen-bond acceptors (Lipinski definition) is 4. The van der Waals surface area contributed by atoms with Crippen LogP contribution in [0.15, 0.2) is 0 Å². The van der Waals surface area contributed by atoms with E-state index in [0.717, 1.165) is 19.4 Å². The molecule has 0 aliphatic carbocycles. The molecule has 6 nitrogen and oxygen atoms in total. The van der Waals surface area contributed by atoms with Gasteiger partial charge in [-0.15, -0.1) is 0 Å². The molecule has 0 spiro atoms. The molecule has 0 radical (unpaired) electrons. The average molecular weight is 289 g/mol. The Morgan fingerprint density at radius 3 is 2.70 bits per heavy atom. The van der Waals surface area contributed by atoms with Crippen molar-refractivity contribution >= 4 is 12.0 Å². The van der Waals surface area contributed by atoms with Crippen LogP contribution in [0.4, 0.5) is 4.79 Å². The third-order valence-electron chi connectivity index (χ3n) is 3.74. The molecule has 1 heterocycles. The second-order valence-corrected chi connectivity index (χ2v) is 5.53. The summed E-state index contributed by atoms with van der Waals surface area (Å²) < 4.78 is 4.66. The largest absolute Gasteiger partial charge is 0.453 e. The fourth-order valence-corrected chi connectivity index (χ4v) is 2.52. The molecule has 20 heavy (non-hydrogen) atoms. The topological polar surface area (TPSA) is 70.7 Å². The summed E-state index contributed by atoms with van der Waals surface area (Å²) in [5.74, 6) is 0.371. The lowest BCUT2D eigenvalue weighted by molar-refractivity contribution is -0.125. The molecule has 2 amide bonds. The monoisotopic (exact) mass is 289 g/mol. The first kappa shape index (κ1) is 16.8. The Balaban J connectivity index is 0. The number of carbonyl (C=O) groups excluding carboxylic acids is 2. The maximum atomic E-state index is 12.0. The fraction of sp³-hybridized carbons (Fsp3) is 0.857. The van der Waals surface area contributed by atoms with Gasteiger partial charge in [0.05, 0.1) is 13.2 Å². The zero-order valence-electron chi connectivity index (χ0n) is 12.9. The van der Waals surface area contributed by atoms with Gasteiger partial charge in [0.25, 0.3) is 0 Å². The van der Waals surface area contributed by atoms with Crippen LogP contribution < -0.4 is 10.6 Å². The van der Waals surface area contributed by atoms with E-state index in [-0.39, 0.29) is 26.8 Å². The number of alkyl carbamates (subject to hydrolysis) is 1. The number of hydrogen-bond donors (Lipinski definition) is 2. The van der Waals surface area contributed by atoms with E-state index >= 15 is 0 Å². The molecule has 1 aliphatic heterocycles. The van der Waals surface area contributed by atoms with Gasteiger partial charge in [0, 0.05) is 22.0 Å². The molecule has 1 saturated heterocycles. The van der Waals surface area contributed by atoms with Crippen LogP contribution in [0.2, 0.25) is 0 Å². The Morgan fingerprint density at radius 2 is 2.15 bits per heavy atom. The van der Waals surface area contributed by atoms with Crippen molar-refractivity contribution in [3.05, 3.63) is 0 Å². The quantitative estimate of drug-likeness (QED) is 0.776. The van der Waals surface area contributed by atoms with Gasteiger partial charge in [0.15, 0.2) is 0 Å². The summed E-state index contributed by atoms with van der Waals surface area (Å²) in [4.78, 5) is 25.6. The van der Waals surface area contributed by atoms with E-state index in [9.17, 15) is 9.59 Å². The van der Waals surface area contributed by atoms with Crippen molar-refractivity contribution < 1.29 is 17.2 Å². The maximum absolute atomic E-state index is 12.0. The van der Waals surface area contributed by atoms with Crippen molar-refractivity contribution in [1.82, 2.24) is 15.5 Å². The number of nitrogens with zero attached hydrogens (tertiary/aromatic N) is 1. The van der Waals surface area contributed by atoms with Crippen molar-refractivity contribution in [3.63, 3.8) is 0 Å². The number of carbonyl (C=O) groups is 2. The molecule has 1 fully saturated rings. The zero-order valence-corrected chi connectivity index (χ0v) is 12.9. The maximum Gasteiger partial charge on any atom is 0.407 e. The molecule has 2 atom stereocenters. The van der Waals surface area contributed by atoms with E-state index in [1.54, 1.807) is 0 Å². The molecule has 0 aromatic carbocycles. The smallest absolute Gasteiger partial charge is 0.407 e. The Bertz CT molecular complexity index is 343. The number of likely N-dealkylation sites (tertiary alicyclic amines) is 1. The standard InChI is InChI=1S/C14H27N3O3.2H2/c1-5-15-13(18)12-7-6-8-17(12)9-11(10(2)3)16-14(19)20-4;;/h10-12H,5-9H2,1-4H3,(H,15,18)(H,16,19);2*1H. The van der Waals surface area contributed by atoms with Crippen molar-refractivity contribution in [3.8, 4) is 0 Å². The number of amides is 2. The molecule has 0 bridgehead atoms. The van der Waals surface area contributed by atoms with Crippen LogP contribution in [0, 0.1) is 5.92 Å². The summed E-state index contributed by atoms with van der Waals surface area (Å²) in [5.41, 5.74) is 0. The summed E-state index contributed by atoms with van der Waals surface area (Å²) in [6.45, 7) is 8.25. The Kier molecular flexibility index (Phi) is 6.78. The van der Waals surface area contributed by atoms with Crippen molar-refractivity contribution in [2.45, 2.75) is 45.7 Å². The van der Waals surface area contributed by atoms with E-state index in [2.05, 4.69) is 34.1 Å². The van der Waals surface area contributed by atoms with Gasteiger partial charge in [-0.3, -0.25) is 9.69 Å². The summed E-state index contributed by atoms with van der Waals surface area (Å²) in [6, 6.07) is -0.0897. The van der Waals surface area contributed by atoms with Crippen molar-refractivity contribution in [1.29, 1.82) is 0 Å². The lowest BCUT2D eigenvalue weighted by atomic mass is 10.0. The highest BCUT2D eigenvalue weighted by molar-refractivity contribution is 5.82. The van der Waals surface area contributed by atoms with Crippen LogP contribution in [0.5, 0.6) is 0 Å². The predicted octanol–water partition coefficient (Wildman–Crippen LogP) is 1.46. The molecule has 2 unspecified atom stereocenters. The molecule has 0 aromatic rings. The van der Waals surface area contributed by atoms with E-state index < -0.39 is 6.09 Å². The highest BCUT2D eigenvalue weighted by Crippen LogP contribution is 2.19. The van der Waals surface area contributed by atoms with E-state index in [0.29, 0.717) is 13.1 Å². The summed E-state index contributed by atoms with van der Waals surface area (Å²) in [7, 11) is 1.36. The molecule has 2 N–H and O–H groups in total. The van der Waals surface area contributed by atoms with Gasteiger partial charge in [-0.2, -0.15) is 0 Å². The Hall–Kier alpha value is -1.30. The molecule has 0 saturated carbocycles. The number of ether oxygens (including phenoxy) is 1. The van der Waals surface area contributed by atoms with Crippen LogP contribution in [0.1, 0.15) is 36.5 Å². The van der Waals surface area contributed by atoms with Crippen LogP contribution in [0.3, 0.4) is 0 Å². The van der Waals surface area contributed by atoms with Gasteiger partial charge in [0.1, 0.15) is 0 Å². The van der Waals surface area contributed by atoms with Crippen molar-refractivity contribution in [2.24, 2.45) is 5.92 Å².